The van der Waals surface area contributed by atoms with Crippen LogP contribution in [0.4, 0.5) is 0 Å². The number of thioether (sulfide) groups is 1. The summed E-state index contributed by atoms with van der Waals surface area (Å²) in [6.07, 6.45) is 1.74. The molecule has 0 saturated heterocycles. The van der Waals surface area contributed by atoms with Crippen LogP contribution in [0.15, 0.2) is 29.2 Å². The molecule has 20 heavy (non-hydrogen) atoms. The van der Waals surface area contributed by atoms with Crippen molar-refractivity contribution in [2.75, 3.05) is 12.3 Å². The van der Waals surface area contributed by atoms with Gasteiger partial charge in [-0.05, 0) is 24.5 Å². The highest BCUT2D eigenvalue weighted by Gasteiger charge is 2.34. The third kappa shape index (κ3) is 3.30. The number of nitrogens with one attached hydrogen (secondary N) is 1. The summed E-state index contributed by atoms with van der Waals surface area (Å²) in [7, 11) is 0. The number of benzene rings is 1. The molecule has 2 rings (SSSR count). The molecule has 0 fully saturated rings. The molecule has 1 aliphatic heterocycles. The Morgan fingerprint density at radius 2 is 2.05 bits per heavy atom. The summed E-state index contributed by atoms with van der Waals surface area (Å²) in [5.41, 5.74) is 6.76. The normalized spacial score (nSPS) is 17.2. The summed E-state index contributed by atoms with van der Waals surface area (Å²) in [6.45, 7) is 4.65. The Hall–Kier alpha value is -0.710. The Morgan fingerprint density at radius 1 is 1.40 bits per heavy atom. The molecule has 0 aromatic heterocycles. The first-order chi connectivity index (χ1) is 9.15. The maximum absolute atomic E-state index is 12.5. The zero-order valence-corrected chi connectivity index (χ0v) is 13.7. The number of hydrogen-bond donors (Lipinski definition) is 2. The van der Waals surface area contributed by atoms with Crippen LogP contribution in [0, 0.1) is 0 Å². The molecule has 3 nitrogen and oxygen atoms in total. The van der Waals surface area contributed by atoms with Crippen molar-refractivity contribution in [2.24, 2.45) is 5.73 Å². The Labute approximate surface area is 131 Å². The molecular weight excluding hydrogens is 292 g/mol. The molecule has 1 atom stereocenters. The largest absolute Gasteiger partial charge is 0.349 e. The number of amides is 1. The highest BCUT2D eigenvalue weighted by molar-refractivity contribution is 7.99. The van der Waals surface area contributed by atoms with Crippen molar-refractivity contribution in [3.8, 4) is 0 Å². The number of halogens is 1. The summed E-state index contributed by atoms with van der Waals surface area (Å²) in [5, 5.41) is 3.19. The van der Waals surface area contributed by atoms with E-state index in [-0.39, 0.29) is 29.8 Å². The van der Waals surface area contributed by atoms with Gasteiger partial charge >= 0.3 is 0 Å². The molecule has 0 saturated carbocycles. The Bertz CT molecular complexity index is 455. The van der Waals surface area contributed by atoms with E-state index in [0.717, 1.165) is 24.2 Å². The maximum Gasteiger partial charge on any atom is 0.228 e. The average molecular weight is 315 g/mol. The van der Waals surface area contributed by atoms with Crippen LogP contribution in [0.5, 0.6) is 0 Å². The Morgan fingerprint density at radius 3 is 2.65 bits per heavy atom. The topological polar surface area (TPSA) is 55.1 Å². The van der Waals surface area contributed by atoms with Crippen LogP contribution in [-0.2, 0) is 4.79 Å². The van der Waals surface area contributed by atoms with Crippen molar-refractivity contribution in [3.63, 3.8) is 0 Å². The number of fused-ring (bicyclic) bond motifs is 1. The average Bonchev–Trinajstić information content (AvgIpc) is 2.89. The number of rotatable bonds is 5. The SMILES string of the molecule is CCC(CC)(CN)NC(=O)C1CSc2ccccc21.Cl. The van der Waals surface area contributed by atoms with Gasteiger partial charge in [-0.15, -0.1) is 24.2 Å². The minimum atomic E-state index is -0.251. The third-order valence-electron chi connectivity index (χ3n) is 4.15. The molecule has 3 N–H and O–H groups in total. The van der Waals surface area contributed by atoms with Gasteiger partial charge in [0.15, 0.2) is 0 Å². The second-order valence-corrected chi connectivity index (χ2v) is 6.14. The standard InChI is InChI=1S/C15H22N2OS.ClH/c1-3-15(4-2,10-16)17-14(18)12-9-19-13-8-6-5-7-11(12)13;/h5-8,12H,3-4,9-10,16H2,1-2H3,(H,17,18);1H. The molecule has 1 aromatic rings. The zero-order valence-electron chi connectivity index (χ0n) is 12.0. The lowest BCUT2D eigenvalue weighted by Crippen LogP contribution is -2.54. The summed E-state index contributed by atoms with van der Waals surface area (Å²) in [6, 6.07) is 8.17. The van der Waals surface area contributed by atoms with Crippen LogP contribution in [-0.4, -0.2) is 23.7 Å². The van der Waals surface area contributed by atoms with E-state index in [2.05, 4.69) is 31.3 Å². The van der Waals surface area contributed by atoms with Crippen molar-refractivity contribution in [1.29, 1.82) is 0 Å². The molecule has 0 aliphatic carbocycles. The predicted octanol–water partition coefficient (Wildman–Crippen LogP) is 2.93. The van der Waals surface area contributed by atoms with Crippen molar-refractivity contribution in [2.45, 2.75) is 43.0 Å². The lowest BCUT2D eigenvalue weighted by molar-refractivity contribution is -0.124. The monoisotopic (exact) mass is 314 g/mol. The highest BCUT2D eigenvalue weighted by Crippen LogP contribution is 2.39. The van der Waals surface area contributed by atoms with Crippen molar-refractivity contribution in [1.82, 2.24) is 5.32 Å². The van der Waals surface area contributed by atoms with Crippen LogP contribution in [0.3, 0.4) is 0 Å². The van der Waals surface area contributed by atoms with Crippen LogP contribution in [0.25, 0.3) is 0 Å². The van der Waals surface area contributed by atoms with Gasteiger partial charge in [-0.3, -0.25) is 4.79 Å². The van der Waals surface area contributed by atoms with Crippen molar-refractivity contribution >= 4 is 30.1 Å². The molecule has 1 amide bonds. The van der Waals surface area contributed by atoms with Crippen LogP contribution in [0.2, 0.25) is 0 Å². The molecule has 1 aromatic carbocycles. The Balaban J connectivity index is 0.00000200. The molecule has 112 valence electrons. The first kappa shape index (κ1) is 17.3. The first-order valence-electron chi connectivity index (χ1n) is 6.89. The molecule has 1 heterocycles. The van der Waals surface area contributed by atoms with Gasteiger partial charge in [0.2, 0.25) is 5.91 Å². The molecule has 1 aliphatic rings. The second-order valence-electron chi connectivity index (χ2n) is 5.08. The molecule has 0 spiro atoms. The van der Waals surface area contributed by atoms with Gasteiger partial charge in [-0.1, -0.05) is 32.0 Å². The van der Waals surface area contributed by atoms with Gasteiger partial charge in [-0.2, -0.15) is 0 Å². The fraction of sp³-hybridized carbons (Fsp3) is 0.533. The Kier molecular flexibility index (Phi) is 6.37. The lowest BCUT2D eigenvalue weighted by atomic mass is 9.91. The lowest BCUT2D eigenvalue weighted by Gasteiger charge is -2.32. The van der Waals surface area contributed by atoms with Crippen LogP contribution in [0.1, 0.15) is 38.2 Å². The van der Waals surface area contributed by atoms with E-state index in [0.29, 0.717) is 6.54 Å². The first-order valence-corrected chi connectivity index (χ1v) is 7.88. The van der Waals surface area contributed by atoms with E-state index < -0.39 is 0 Å². The summed E-state index contributed by atoms with van der Waals surface area (Å²) >= 11 is 1.76. The van der Waals surface area contributed by atoms with Gasteiger partial charge < -0.3 is 11.1 Å². The quantitative estimate of drug-likeness (QED) is 0.878. The smallest absolute Gasteiger partial charge is 0.228 e. The van der Waals surface area contributed by atoms with Crippen LogP contribution < -0.4 is 11.1 Å². The van der Waals surface area contributed by atoms with Crippen LogP contribution >= 0.6 is 24.2 Å². The third-order valence-corrected chi connectivity index (χ3v) is 5.33. The van der Waals surface area contributed by atoms with Crippen molar-refractivity contribution < 1.29 is 4.79 Å². The summed E-state index contributed by atoms with van der Waals surface area (Å²) in [4.78, 5) is 13.8. The van der Waals surface area contributed by atoms with Crippen molar-refractivity contribution in [3.05, 3.63) is 29.8 Å². The van der Waals surface area contributed by atoms with Gasteiger partial charge in [-0.25, -0.2) is 0 Å². The van der Waals surface area contributed by atoms with E-state index in [1.165, 1.54) is 4.90 Å². The summed E-state index contributed by atoms with van der Waals surface area (Å²) < 4.78 is 0. The van der Waals surface area contributed by atoms with E-state index in [1.807, 2.05) is 12.1 Å². The second kappa shape index (κ2) is 7.34. The fourth-order valence-corrected chi connectivity index (χ4v) is 3.72. The number of nitrogens with two attached hydrogens (primary N) is 1. The van der Waals surface area contributed by atoms with Gasteiger partial charge in [0, 0.05) is 17.2 Å². The molecule has 5 heteroatoms. The van der Waals surface area contributed by atoms with E-state index in [4.69, 9.17) is 5.73 Å². The highest BCUT2D eigenvalue weighted by atomic mass is 35.5. The van der Waals surface area contributed by atoms with Gasteiger partial charge in [0.25, 0.3) is 0 Å². The summed E-state index contributed by atoms with van der Waals surface area (Å²) in [5.74, 6) is 0.913. The van der Waals surface area contributed by atoms with E-state index in [1.54, 1.807) is 11.8 Å². The number of carbonyl (C=O) groups excluding carboxylic acids is 1. The van der Waals surface area contributed by atoms with E-state index >= 15 is 0 Å². The molecule has 0 bridgehead atoms. The number of hydrogen-bond acceptors (Lipinski definition) is 3. The van der Waals surface area contributed by atoms with Gasteiger partial charge in [0.1, 0.15) is 0 Å². The maximum atomic E-state index is 12.5. The molecule has 0 radical (unpaired) electrons. The minimum Gasteiger partial charge on any atom is -0.349 e. The van der Waals surface area contributed by atoms with Gasteiger partial charge in [0.05, 0.1) is 11.5 Å². The molecular formula is C15H23ClN2OS. The minimum absolute atomic E-state index is 0. The van der Waals surface area contributed by atoms with E-state index in [9.17, 15) is 4.79 Å². The molecule has 1 unspecified atom stereocenters. The zero-order chi connectivity index (χ0) is 13.9. The fourth-order valence-electron chi connectivity index (χ4n) is 2.49. The predicted molar refractivity (Wildman–Crippen MR) is 87.7 cm³/mol. The number of carbonyl (C=O) groups is 1.